The summed E-state index contributed by atoms with van der Waals surface area (Å²) in [7, 11) is 2.21. The number of benzene rings is 2. The predicted octanol–water partition coefficient (Wildman–Crippen LogP) is 5.30. The van der Waals surface area contributed by atoms with E-state index in [1.54, 1.807) is 0 Å². The number of nitrogens with one attached hydrogen (secondary N) is 1. The Morgan fingerprint density at radius 1 is 1.07 bits per heavy atom. The number of pyridine rings is 1. The molecule has 2 aromatic carbocycles. The molecule has 152 valence electrons. The quantitative estimate of drug-likeness (QED) is 0.657. The van der Waals surface area contributed by atoms with Crippen LogP contribution in [-0.2, 0) is 6.42 Å². The van der Waals surface area contributed by atoms with Crippen LogP contribution in [0.15, 0.2) is 42.5 Å². The molecule has 4 heteroatoms. The molecule has 1 N–H and O–H groups in total. The van der Waals surface area contributed by atoms with E-state index >= 15 is 0 Å². The Morgan fingerprint density at radius 2 is 1.83 bits per heavy atom. The fraction of sp³-hybridized carbons (Fsp3) is 0.400. The summed E-state index contributed by atoms with van der Waals surface area (Å²) in [5.74, 6) is 0. The number of aromatic nitrogens is 1. The molecule has 1 aliphatic heterocycles. The summed E-state index contributed by atoms with van der Waals surface area (Å²) in [6.45, 7) is 12.0. The molecule has 1 saturated heterocycles. The molecule has 0 spiro atoms. The van der Waals surface area contributed by atoms with Gasteiger partial charge in [-0.1, -0.05) is 25.1 Å². The fourth-order valence-electron chi connectivity index (χ4n) is 4.35. The van der Waals surface area contributed by atoms with Crippen LogP contribution in [0.3, 0.4) is 0 Å². The Hall–Kier alpha value is -2.59. The molecule has 0 radical (unpaired) electrons. The summed E-state index contributed by atoms with van der Waals surface area (Å²) in [5.41, 5.74) is 8.33. The zero-order valence-corrected chi connectivity index (χ0v) is 18.3. The predicted molar refractivity (Wildman–Crippen MR) is 125 cm³/mol. The van der Waals surface area contributed by atoms with Crippen molar-refractivity contribution in [3.63, 3.8) is 0 Å². The van der Waals surface area contributed by atoms with E-state index in [2.05, 4.69) is 92.3 Å². The maximum atomic E-state index is 4.89. The van der Waals surface area contributed by atoms with Crippen molar-refractivity contribution in [3.05, 3.63) is 59.3 Å². The van der Waals surface area contributed by atoms with Gasteiger partial charge in [-0.15, -0.1) is 0 Å². The van der Waals surface area contributed by atoms with Crippen molar-refractivity contribution in [1.82, 2.24) is 9.88 Å². The normalized spacial score (nSPS) is 17.7. The molecule has 0 bridgehead atoms. The van der Waals surface area contributed by atoms with Gasteiger partial charge in [0.15, 0.2) is 0 Å². The summed E-state index contributed by atoms with van der Waals surface area (Å²) in [6.07, 6.45) is 0.961. The van der Waals surface area contributed by atoms with Gasteiger partial charge in [-0.05, 0) is 69.6 Å². The highest BCUT2D eigenvalue weighted by atomic mass is 15.3. The summed E-state index contributed by atoms with van der Waals surface area (Å²) in [6, 6.07) is 15.9. The first-order chi connectivity index (χ1) is 14.0. The van der Waals surface area contributed by atoms with E-state index < -0.39 is 0 Å². The van der Waals surface area contributed by atoms with Gasteiger partial charge in [-0.25, -0.2) is 0 Å². The molecule has 1 atom stereocenters. The minimum absolute atomic E-state index is 0.586. The summed E-state index contributed by atoms with van der Waals surface area (Å²) >= 11 is 0. The van der Waals surface area contributed by atoms with Crippen LogP contribution in [0.4, 0.5) is 17.1 Å². The molecular weight excluding hydrogens is 356 g/mol. The molecule has 0 amide bonds. The zero-order valence-electron chi connectivity index (χ0n) is 18.3. The maximum Gasteiger partial charge on any atom is 0.0755 e. The second-order valence-corrected chi connectivity index (χ2v) is 8.32. The molecular formula is C25H32N4. The molecule has 1 aliphatic rings. The number of aryl methyl sites for hydroxylation is 2. The van der Waals surface area contributed by atoms with Crippen LogP contribution in [0.25, 0.3) is 10.9 Å². The van der Waals surface area contributed by atoms with Crippen molar-refractivity contribution in [2.75, 3.05) is 36.9 Å². The van der Waals surface area contributed by atoms with Crippen LogP contribution in [0.2, 0.25) is 0 Å². The van der Waals surface area contributed by atoms with Crippen LogP contribution in [0.5, 0.6) is 0 Å². The molecule has 4 nitrogen and oxygen atoms in total. The Balaban J connectivity index is 1.64. The molecule has 1 aromatic heterocycles. The minimum Gasteiger partial charge on any atom is -0.369 e. The summed E-state index contributed by atoms with van der Waals surface area (Å²) in [5, 5.41) is 4.91. The van der Waals surface area contributed by atoms with E-state index in [1.807, 2.05) is 0 Å². The molecule has 29 heavy (non-hydrogen) atoms. The van der Waals surface area contributed by atoms with Gasteiger partial charge in [0.05, 0.1) is 11.2 Å². The van der Waals surface area contributed by atoms with E-state index in [0.29, 0.717) is 6.04 Å². The van der Waals surface area contributed by atoms with E-state index in [-0.39, 0.29) is 0 Å². The number of anilines is 3. The summed E-state index contributed by atoms with van der Waals surface area (Å²) in [4.78, 5) is 9.80. The largest absolute Gasteiger partial charge is 0.369 e. The third-order valence-corrected chi connectivity index (χ3v) is 6.34. The Bertz CT molecular complexity index is 1010. The molecule has 1 fully saturated rings. The van der Waals surface area contributed by atoms with E-state index in [1.165, 1.54) is 27.9 Å². The fourth-order valence-corrected chi connectivity index (χ4v) is 4.35. The van der Waals surface area contributed by atoms with Gasteiger partial charge in [0.25, 0.3) is 0 Å². The number of nitrogens with zero attached hydrogens (tertiary/aromatic N) is 3. The molecule has 2 heterocycles. The number of fused-ring (bicyclic) bond motifs is 1. The first kappa shape index (κ1) is 19.7. The lowest BCUT2D eigenvalue weighted by Gasteiger charge is -2.39. The second kappa shape index (κ2) is 8.03. The van der Waals surface area contributed by atoms with Gasteiger partial charge in [-0.2, -0.15) is 0 Å². The van der Waals surface area contributed by atoms with Crippen LogP contribution < -0.4 is 10.2 Å². The lowest BCUT2D eigenvalue weighted by molar-refractivity contribution is 0.234. The zero-order chi connectivity index (χ0) is 20.5. The van der Waals surface area contributed by atoms with Gasteiger partial charge < -0.3 is 15.1 Å². The van der Waals surface area contributed by atoms with Crippen molar-refractivity contribution in [3.8, 4) is 0 Å². The van der Waals surface area contributed by atoms with E-state index in [4.69, 9.17) is 4.98 Å². The van der Waals surface area contributed by atoms with Gasteiger partial charge in [0.2, 0.25) is 0 Å². The minimum atomic E-state index is 0.586. The third-order valence-electron chi connectivity index (χ3n) is 6.34. The number of para-hydroxylation sites is 1. The average molecular weight is 389 g/mol. The smallest absolute Gasteiger partial charge is 0.0755 e. The van der Waals surface area contributed by atoms with Crippen LogP contribution in [-0.4, -0.2) is 42.6 Å². The van der Waals surface area contributed by atoms with Crippen molar-refractivity contribution < 1.29 is 0 Å². The molecule has 4 rings (SSSR count). The Kier molecular flexibility index (Phi) is 5.46. The number of hydrogen-bond acceptors (Lipinski definition) is 4. The molecule has 3 aromatic rings. The lowest BCUT2D eigenvalue weighted by atomic mass is 10.0. The van der Waals surface area contributed by atoms with Crippen molar-refractivity contribution in [2.45, 2.75) is 40.2 Å². The topological polar surface area (TPSA) is 31.4 Å². The number of hydrogen-bond donors (Lipinski definition) is 1. The van der Waals surface area contributed by atoms with Gasteiger partial charge in [0, 0.05) is 48.1 Å². The standard InChI is InChI=1S/C25H32N4/c1-6-22-19(4)26-24-17(2)8-7-9-23(24)25(22)27-20-10-12-21(13-11-20)29-15-14-28(5)18(3)16-29/h7-13,18H,6,14-16H2,1-5H3,(H,26,27). The van der Waals surface area contributed by atoms with Gasteiger partial charge in [-0.3, -0.25) is 4.98 Å². The summed E-state index contributed by atoms with van der Waals surface area (Å²) < 4.78 is 0. The first-order valence-electron chi connectivity index (χ1n) is 10.7. The highest BCUT2D eigenvalue weighted by Crippen LogP contribution is 2.33. The Labute approximate surface area is 174 Å². The SMILES string of the molecule is CCc1c(C)nc2c(C)cccc2c1Nc1ccc(N2CCN(C)C(C)C2)cc1. The molecule has 0 saturated carbocycles. The first-order valence-corrected chi connectivity index (χ1v) is 10.7. The van der Waals surface area contributed by atoms with Gasteiger partial charge >= 0.3 is 0 Å². The van der Waals surface area contributed by atoms with E-state index in [0.717, 1.165) is 43.0 Å². The van der Waals surface area contributed by atoms with Crippen LogP contribution >= 0.6 is 0 Å². The number of likely N-dealkylation sites (N-methyl/N-ethyl adjacent to an activating group) is 1. The highest BCUT2D eigenvalue weighted by Gasteiger charge is 2.20. The second-order valence-electron chi connectivity index (χ2n) is 8.32. The number of rotatable bonds is 4. The maximum absolute atomic E-state index is 4.89. The monoisotopic (exact) mass is 388 g/mol. The average Bonchev–Trinajstić information content (AvgIpc) is 2.72. The van der Waals surface area contributed by atoms with Crippen molar-refractivity contribution in [2.24, 2.45) is 0 Å². The van der Waals surface area contributed by atoms with Gasteiger partial charge in [0.1, 0.15) is 0 Å². The van der Waals surface area contributed by atoms with Crippen molar-refractivity contribution >= 4 is 28.0 Å². The third kappa shape index (κ3) is 3.82. The molecule has 1 unspecified atom stereocenters. The number of piperazine rings is 1. The molecule has 0 aliphatic carbocycles. The van der Waals surface area contributed by atoms with Crippen LogP contribution in [0, 0.1) is 13.8 Å². The lowest BCUT2D eigenvalue weighted by Crippen LogP contribution is -2.50. The Morgan fingerprint density at radius 3 is 2.52 bits per heavy atom. The highest BCUT2D eigenvalue weighted by molar-refractivity contribution is 5.96. The van der Waals surface area contributed by atoms with Crippen molar-refractivity contribution in [1.29, 1.82) is 0 Å². The van der Waals surface area contributed by atoms with E-state index in [9.17, 15) is 0 Å². The van der Waals surface area contributed by atoms with Crippen LogP contribution in [0.1, 0.15) is 30.7 Å².